The molecule has 1 aliphatic carbocycles. The van der Waals surface area contributed by atoms with Crippen molar-refractivity contribution in [2.45, 2.75) is 33.5 Å². The third kappa shape index (κ3) is 2.33. The molecule has 1 aromatic carbocycles. The fourth-order valence-corrected chi connectivity index (χ4v) is 2.55. The molecule has 18 heavy (non-hydrogen) atoms. The molecule has 1 atom stereocenters. The largest absolute Gasteiger partial charge is 0.352 e. The Morgan fingerprint density at radius 2 is 1.94 bits per heavy atom. The number of fused-ring (bicyclic) bond motifs is 1. The van der Waals surface area contributed by atoms with Crippen LogP contribution in [0.5, 0.6) is 0 Å². The van der Waals surface area contributed by atoms with Crippen LogP contribution in [0.1, 0.15) is 35.3 Å². The average molecular weight is 248 g/mol. The van der Waals surface area contributed by atoms with E-state index in [-0.39, 0.29) is 11.7 Å². The fraction of sp³-hybridized carbons (Fsp3) is 0.533. The van der Waals surface area contributed by atoms with E-state index in [2.05, 4.69) is 0 Å². The van der Waals surface area contributed by atoms with E-state index in [1.54, 1.807) is 0 Å². The topological polar surface area (TPSA) is 35.5 Å². The second kappa shape index (κ2) is 5.63. The molecule has 1 aromatic rings. The number of ether oxygens (including phenoxy) is 2. The highest BCUT2D eigenvalue weighted by molar-refractivity contribution is 6.02. The molecule has 3 nitrogen and oxygen atoms in total. The summed E-state index contributed by atoms with van der Waals surface area (Å²) in [4.78, 5) is 12.4. The Kier molecular flexibility index (Phi) is 4.15. The van der Waals surface area contributed by atoms with Gasteiger partial charge in [-0.1, -0.05) is 18.2 Å². The van der Waals surface area contributed by atoms with Crippen molar-refractivity contribution in [3.63, 3.8) is 0 Å². The van der Waals surface area contributed by atoms with E-state index in [0.717, 1.165) is 17.5 Å². The summed E-state index contributed by atoms with van der Waals surface area (Å²) in [5, 5.41) is 0. The first-order valence-corrected chi connectivity index (χ1v) is 6.54. The predicted octanol–water partition coefficient (Wildman–Crippen LogP) is 2.75. The summed E-state index contributed by atoms with van der Waals surface area (Å²) in [7, 11) is 0. The van der Waals surface area contributed by atoms with Crippen molar-refractivity contribution in [3.05, 3.63) is 34.9 Å². The monoisotopic (exact) mass is 248 g/mol. The van der Waals surface area contributed by atoms with Crippen molar-refractivity contribution >= 4 is 5.78 Å². The minimum absolute atomic E-state index is 0.153. The molecule has 3 heteroatoms. The standard InChI is InChI=1S/C15H20O3/c1-4-17-15(18-5-2)13-9-12-10(3)7-6-8-11(12)14(13)16/h6-8,13,15H,4-5,9H2,1-3H3. The second-order valence-corrected chi connectivity index (χ2v) is 4.55. The zero-order chi connectivity index (χ0) is 13.1. The lowest BCUT2D eigenvalue weighted by atomic mass is 10.0. The minimum Gasteiger partial charge on any atom is -0.352 e. The van der Waals surface area contributed by atoms with E-state index < -0.39 is 6.29 Å². The molecular weight excluding hydrogens is 228 g/mol. The molecule has 0 heterocycles. The van der Waals surface area contributed by atoms with Crippen LogP contribution in [-0.4, -0.2) is 25.3 Å². The summed E-state index contributed by atoms with van der Waals surface area (Å²) in [6.07, 6.45) is 0.310. The Morgan fingerprint density at radius 3 is 2.50 bits per heavy atom. The average Bonchev–Trinajstić information content (AvgIpc) is 2.69. The first kappa shape index (κ1) is 13.2. The molecule has 0 N–H and O–H groups in total. The third-order valence-electron chi connectivity index (χ3n) is 3.43. The Bertz CT molecular complexity index is 433. The first-order chi connectivity index (χ1) is 8.69. The highest BCUT2D eigenvalue weighted by atomic mass is 16.7. The second-order valence-electron chi connectivity index (χ2n) is 4.55. The Labute approximate surface area is 108 Å². The van der Waals surface area contributed by atoms with Crippen LogP contribution in [0, 0.1) is 12.8 Å². The molecule has 0 aliphatic heterocycles. The molecule has 2 rings (SSSR count). The highest BCUT2D eigenvalue weighted by Crippen LogP contribution is 2.32. The van der Waals surface area contributed by atoms with Crippen LogP contribution in [0.15, 0.2) is 18.2 Å². The van der Waals surface area contributed by atoms with Gasteiger partial charge in [0, 0.05) is 18.8 Å². The van der Waals surface area contributed by atoms with Crippen molar-refractivity contribution < 1.29 is 14.3 Å². The van der Waals surface area contributed by atoms with Gasteiger partial charge >= 0.3 is 0 Å². The van der Waals surface area contributed by atoms with Gasteiger partial charge in [0.15, 0.2) is 12.1 Å². The van der Waals surface area contributed by atoms with Gasteiger partial charge in [-0.25, -0.2) is 0 Å². The Balaban J connectivity index is 2.24. The minimum atomic E-state index is -0.417. The summed E-state index contributed by atoms with van der Waals surface area (Å²) in [5.41, 5.74) is 3.16. The van der Waals surface area contributed by atoms with Crippen LogP contribution in [0.3, 0.4) is 0 Å². The summed E-state index contributed by atoms with van der Waals surface area (Å²) in [6.45, 7) is 7.01. The van der Waals surface area contributed by atoms with Gasteiger partial charge in [0.05, 0.1) is 5.92 Å². The molecule has 0 fully saturated rings. The van der Waals surface area contributed by atoms with Crippen LogP contribution in [0.2, 0.25) is 0 Å². The molecule has 0 amide bonds. The van der Waals surface area contributed by atoms with E-state index in [4.69, 9.17) is 9.47 Å². The quantitative estimate of drug-likeness (QED) is 0.752. The maximum absolute atomic E-state index is 12.4. The summed E-state index contributed by atoms with van der Waals surface area (Å²) < 4.78 is 11.1. The molecule has 1 aliphatic rings. The van der Waals surface area contributed by atoms with Crippen molar-refractivity contribution in [1.82, 2.24) is 0 Å². The zero-order valence-corrected chi connectivity index (χ0v) is 11.2. The molecule has 1 unspecified atom stereocenters. The Morgan fingerprint density at radius 1 is 1.28 bits per heavy atom. The number of benzene rings is 1. The van der Waals surface area contributed by atoms with Crippen LogP contribution in [-0.2, 0) is 15.9 Å². The Hall–Kier alpha value is -1.19. The number of rotatable bonds is 5. The van der Waals surface area contributed by atoms with Crippen molar-refractivity contribution in [1.29, 1.82) is 0 Å². The lowest BCUT2D eigenvalue weighted by molar-refractivity contribution is -0.156. The van der Waals surface area contributed by atoms with E-state index in [1.165, 1.54) is 5.56 Å². The normalized spacial score (nSPS) is 18.4. The van der Waals surface area contributed by atoms with E-state index in [0.29, 0.717) is 13.2 Å². The zero-order valence-electron chi connectivity index (χ0n) is 11.2. The van der Waals surface area contributed by atoms with E-state index in [1.807, 2.05) is 39.0 Å². The van der Waals surface area contributed by atoms with Gasteiger partial charge in [0.25, 0.3) is 0 Å². The molecule has 98 valence electrons. The van der Waals surface area contributed by atoms with Crippen LogP contribution in [0.4, 0.5) is 0 Å². The molecule has 0 bridgehead atoms. The SMILES string of the molecule is CCOC(OCC)C1Cc2c(C)cccc2C1=O. The number of ketones is 1. The number of aryl methyl sites for hydroxylation is 1. The molecule has 0 spiro atoms. The molecule has 0 saturated heterocycles. The van der Waals surface area contributed by atoms with Crippen molar-refractivity contribution in [3.8, 4) is 0 Å². The smallest absolute Gasteiger partial charge is 0.171 e. The molecule has 0 saturated carbocycles. The third-order valence-corrected chi connectivity index (χ3v) is 3.43. The lowest BCUT2D eigenvalue weighted by Gasteiger charge is -2.21. The maximum Gasteiger partial charge on any atom is 0.171 e. The first-order valence-electron chi connectivity index (χ1n) is 6.54. The lowest BCUT2D eigenvalue weighted by Crippen LogP contribution is -2.31. The number of carbonyl (C=O) groups excluding carboxylic acids is 1. The molecule has 0 radical (unpaired) electrons. The van der Waals surface area contributed by atoms with Gasteiger partial charge in [-0.2, -0.15) is 0 Å². The van der Waals surface area contributed by atoms with Gasteiger partial charge < -0.3 is 9.47 Å². The van der Waals surface area contributed by atoms with Gasteiger partial charge in [-0.15, -0.1) is 0 Å². The number of hydrogen-bond acceptors (Lipinski definition) is 3. The number of carbonyl (C=O) groups is 1. The summed E-state index contributed by atoms with van der Waals surface area (Å²) in [5.74, 6) is -0.0402. The highest BCUT2D eigenvalue weighted by Gasteiger charge is 2.37. The fourth-order valence-electron chi connectivity index (χ4n) is 2.55. The molecular formula is C15H20O3. The summed E-state index contributed by atoms with van der Waals surface area (Å²) in [6, 6.07) is 5.88. The van der Waals surface area contributed by atoms with E-state index in [9.17, 15) is 4.79 Å². The van der Waals surface area contributed by atoms with Gasteiger partial charge in [-0.05, 0) is 38.3 Å². The maximum atomic E-state index is 12.4. The van der Waals surface area contributed by atoms with Gasteiger partial charge in [0.2, 0.25) is 0 Å². The van der Waals surface area contributed by atoms with Crippen molar-refractivity contribution in [2.24, 2.45) is 5.92 Å². The van der Waals surface area contributed by atoms with Crippen molar-refractivity contribution in [2.75, 3.05) is 13.2 Å². The van der Waals surface area contributed by atoms with Crippen LogP contribution >= 0.6 is 0 Å². The van der Waals surface area contributed by atoms with Gasteiger partial charge in [-0.3, -0.25) is 4.79 Å². The number of Topliss-reactive ketones (excluding diaryl/α,β-unsaturated/α-hetero) is 1. The predicted molar refractivity (Wildman–Crippen MR) is 69.7 cm³/mol. The van der Waals surface area contributed by atoms with Gasteiger partial charge in [0.1, 0.15) is 0 Å². The number of hydrogen-bond donors (Lipinski definition) is 0. The van der Waals surface area contributed by atoms with Crippen LogP contribution < -0.4 is 0 Å². The van der Waals surface area contributed by atoms with Crippen LogP contribution in [0.25, 0.3) is 0 Å². The van der Waals surface area contributed by atoms with E-state index >= 15 is 0 Å². The summed E-state index contributed by atoms with van der Waals surface area (Å²) >= 11 is 0. The molecule has 0 aromatic heterocycles.